The van der Waals surface area contributed by atoms with Crippen molar-refractivity contribution >= 4 is 0 Å². The quantitative estimate of drug-likeness (QED) is 0.877. The molecular formula is C14H20O3. The van der Waals surface area contributed by atoms with Crippen molar-refractivity contribution in [3.8, 4) is 11.5 Å². The molecule has 1 aliphatic carbocycles. The Labute approximate surface area is 102 Å². The third kappa shape index (κ3) is 2.55. The first-order chi connectivity index (χ1) is 8.26. The lowest BCUT2D eigenvalue weighted by molar-refractivity contribution is 0.118. The summed E-state index contributed by atoms with van der Waals surface area (Å²) in [5.41, 5.74) is 1.11. The molecule has 1 N–H and O–H groups in total. The number of benzene rings is 1. The van der Waals surface area contributed by atoms with Gasteiger partial charge in [-0.2, -0.15) is 0 Å². The molecule has 17 heavy (non-hydrogen) atoms. The standard InChI is InChI=1S/C14H20O3/c1-16-12-7-4-8-13(17-2)14(12)10-5-3-6-11(15)9-10/h4,7-8,10-11,15H,3,5-6,9H2,1-2H3. The maximum atomic E-state index is 9.79. The van der Waals surface area contributed by atoms with E-state index in [1.54, 1.807) is 14.2 Å². The summed E-state index contributed by atoms with van der Waals surface area (Å²) in [7, 11) is 3.36. The van der Waals surface area contributed by atoms with Crippen molar-refractivity contribution in [2.24, 2.45) is 0 Å². The molecule has 1 aromatic carbocycles. The van der Waals surface area contributed by atoms with Gasteiger partial charge in [-0.05, 0) is 37.3 Å². The van der Waals surface area contributed by atoms with Crippen LogP contribution >= 0.6 is 0 Å². The van der Waals surface area contributed by atoms with Crippen molar-refractivity contribution < 1.29 is 14.6 Å². The van der Waals surface area contributed by atoms with Crippen LogP contribution in [0.2, 0.25) is 0 Å². The fourth-order valence-corrected chi connectivity index (χ4v) is 2.71. The summed E-state index contributed by atoms with van der Waals surface area (Å²) in [6.45, 7) is 0. The second kappa shape index (κ2) is 5.41. The van der Waals surface area contributed by atoms with Gasteiger partial charge in [0.25, 0.3) is 0 Å². The zero-order valence-electron chi connectivity index (χ0n) is 10.5. The number of hydrogen-bond acceptors (Lipinski definition) is 3. The predicted molar refractivity (Wildman–Crippen MR) is 66.8 cm³/mol. The van der Waals surface area contributed by atoms with Gasteiger partial charge in [-0.1, -0.05) is 12.5 Å². The van der Waals surface area contributed by atoms with Crippen molar-refractivity contribution in [1.29, 1.82) is 0 Å². The molecule has 1 aromatic rings. The monoisotopic (exact) mass is 236 g/mol. The van der Waals surface area contributed by atoms with Crippen LogP contribution in [-0.2, 0) is 0 Å². The normalized spacial score (nSPS) is 24.4. The molecule has 0 heterocycles. The average molecular weight is 236 g/mol. The van der Waals surface area contributed by atoms with E-state index in [9.17, 15) is 5.11 Å². The van der Waals surface area contributed by atoms with Crippen LogP contribution in [0.15, 0.2) is 18.2 Å². The fraction of sp³-hybridized carbons (Fsp3) is 0.571. The first-order valence-electron chi connectivity index (χ1n) is 6.15. The molecule has 0 aliphatic heterocycles. The van der Waals surface area contributed by atoms with Crippen molar-refractivity contribution in [3.63, 3.8) is 0 Å². The number of aliphatic hydroxyl groups is 1. The molecule has 2 unspecified atom stereocenters. The Hall–Kier alpha value is -1.22. The van der Waals surface area contributed by atoms with Crippen LogP contribution in [0.3, 0.4) is 0 Å². The Balaban J connectivity index is 2.34. The van der Waals surface area contributed by atoms with Crippen molar-refractivity contribution in [3.05, 3.63) is 23.8 Å². The number of ether oxygens (including phenoxy) is 2. The van der Waals surface area contributed by atoms with E-state index in [4.69, 9.17) is 9.47 Å². The third-order valence-electron chi connectivity index (χ3n) is 3.52. The van der Waals surface area contributed by atoms with Gasteiger partial charge in [0, 0.05) is 5.56 Å². The highest BCUT2D eigenvalue weighted by Gasteiger charge is 2.26. The minimum atomic E-state index is -0.191. The van der Waals surface area contributed by atoms with Crippen LogP contribution in [0.25, 0.3) is 0 Å². The molecule has 0 bridgehead atoms. The molecule has 0 amide bonds. The van der Waals surface area contributed by atoms with Crippen LogP contribution in [0.4, 0.5) is 0 Å². The Morgan fingerprint density at radius 3 is 2.29 bits per heavy atom. The van der Waals surface area contributed by atoms with Gasteiger partial charge >= 0.3 is 0 Å². The van der Waals surface area contributed by atoms with E-state index in [0.717, 1.165) is 42.7 Å². The minimum absolute atomic E-state index is 0.191. The molecular weight excluding hydrogens is 216 g/mol. The molecule has 0 aromatic heterocycles. The van der Waals surface area contributed by atoms with Gasteiger partial charge in [-0.3, -0.25) is 0 Å². The first-order valence-corrected chi connectivity index (χ1v) is 6.15. The first kappa shape index (κ1) is 12.2. The molecule has 1 saturated carbocycles. The van der Waals surface area contributed by atoms with E-state index in [1.807, 2.05) is 18.2 Å². The predicted octanol–water partition coefficient (Wildman–Crippen LogP) is 2.72. The highest BCUT2D eigenvalue weighted by Crippen LogP contribution is 2.42. The van der Waals surface area contributed by atoms with Gasteiger partial charge in [0.2, 0.25) is 0 Å². The Kier molecular flexibility index (Phi) is 3.89. The summed E-state index contributed by atoms with van der Waals surface area (Å²) < 4.78 is 10.8. The Bertz CT molecular complexity index is 353. The zero-order valence-corrected chi connectivity index (χ0v) is 10.5. The molecule has 2 rings (SSSR count). The summed E-state index contributed by atoms with van der Waals surface area (Å²) >= 11 is 0. The van der Waals surface area contributed by atoms with Gasteiger partial charge < -0.3 is 14.6 Å². The molecule has 3 nitrogen and oxygen atoms in total. The molecule has 1 fully saturated rings. The molecule has 0 spiro atoms. The van der Waals surface area contributed by atoms with Crippen molar-refractivity contribution in [1.82, 2.24) is 0 Å². The lowest BCUT2D eigenvalue weighted by Crippen LogP contribution is -2.19. The number of rotatable bonds is 3. The molecule has 0 radical (unpaired) electrons. The minimum Gasteiger partial charge on any atom is -0.496 e. The summed E-state index contributed by atoms with van der Waals surface area (Å²) in [4.78, 5) is 0. The summed E-state index contributed by atoms with van der Waals surface area (Å²) in [5, 5.41) is 9.79. The SMILES string of the molecule is COc1cccc(OC)c1C1CCCC(O)C1. The number of methoxy groups -OCH3 is 2. The Morgan fingerprint density at radius 2 is 1.76 bits per heavy atom. The van der Waals surface area contributed by atoms with E-state index >= 15 is 0 Å². The maximum absolute atomic E-state index is 9.79. The van der Waals surface area contributed by atoms with E-state index in [0.29, 0.717) is 5.92 Å². The second-order valence-corrected chi connectivity index (χ2v) is 4.59. The van der Waals surface area contributed by atoms with Gasteiger partial charge in [-0.25, -0.2) is 0 Å². The average Bonchev–Trinajstić information content (AvgIpc) is 2.37. The molecule has 0 saturated heterocycles. The molecule has 1 aliphatic rings. The van der Waals surface area contributed by atoms with Crippen LogP contribution in [0.5, 0.6) is 11.5 Å². The maximum Gasteiger partial charge on any atom is 0.126 e. The van der Waals surface area contributed by atoms with Crippen LogP contribution < -0.4 is 9.47 Å². The van der Waals surface area contributed by atoms with Crippen molar-refractivity contribution in [2.75, 3.05) is 14.2 Å². The van der Waals surface area contributed by atoms with Gasteiger partial charge in [0.05, 0.1) is 20.3 Å². The van der Waals surface area contributed by atoms with E-state index in [-0.39, 0.29) is 6.10 Å². The van der Waals surface area contributed by atoms with E-state index in [2.05, 4.69) is 0 Å². The lowest BCUT2D eigenvalue weighted by Gasteiger charge is -2.28. The van der Waals surface area contributed by atoms with E-state index in [1.165, 1.54) is 0 Å². The molecule has 3 heteroatoms. The summed E-state index contributed by atoms with van der Waals surface area (Å²) in [6.07, 6.45) is 3.68. The lowest BCUT2D eigenvalue weighted by atomic mass is 9.82. The number of aliphatic hydroxyl groups excluding tert-OH is 1. The number of hydrogen-bond donors (Lipinski definition) is 1. The molecule has 2 atom stereocenters. The smallest absolute Gasteiger partial charge is 0.126 e. The fourth-order valence-electron chi connectivity index (χ4n) is 2.71. The van der Waals surface area contributed by atoms with E-state index < -0.39 is 0 Å². The second-order valence-electron chi connectivity index (χ2n) is 4.59. The summed E-state index contributed by atoms with van der Waals surface area (Å²) in [5.74, 6) is 2.07. The van der Waals surface area contributed by atoms with Gasteiger partial charge in [-0.15, -0.1) is 0 Å². The Morgan fingerprint density at radius 1 is 1.12 bits per heavy atom. The van der Waals surface area contributed by atoms with Gasteiger partial charge in [0.15, 0.2) is 0 Å². The van der Waals surface area contributed by atoms with Gasteiger partial charge in [0.1, 0.15) is 11.5 Å². The highest BCUT2D eigenvalue weighted by molar-refractivity contribution is 5.47. The largest absolute Gasteiger partial charge is 0.496 e. The van der Waals surface area contributed by atoms with Crippen LogP contribution in [-0.4, -0.2) is 25.4 Å². The van der Waals surface area contributed by atoms with Crippen molar-refractivity contribution in [2.45, 2.75) is 37.7 Å². The van der Waals surface area contributed by atoms with Crippen LogP contribution in [0.1, 0.15) is 37.2 Å². The topological polar surface area (TPSA) is 38.7 Å². The zero-order chi connectivity index (χ0) is 12.3. The molecule has 94 valence electrons. The van der Waals surface area contributed by atoms with Crippen LogP contribution in [0, 0.1) is 0 Å². The summed E-state index contributed by atoms with van der Waals surface area (Å²) in [6, 6.07) is 5.85. The third-order valence-corrected chi connectivity index (χ3v) is 3.52. The highest BCUT2D eigenvalue weighted by atomic mass is 16.5.